The Hall–Kier alpha value is -1.72. The molecule has 2 aromatic rings. The van der Waals surface area contributed by atoms with Crippen molar-refractivity contribution < 1.29 is 9.90 Å². The molecular formula is C16H20N2O2S. The minimum atomic E-state index is -1.12. The number of aliphatic hydroxyl groups excluding tert-OH is 1. The van der Waals surface area contributed by atoms with Crippen LogP contribution in [0.4, 0.5) is 0 Å². The number of aliphatic hydroxyl groups is 1. The maximum Gasteiger partial charge on any atom is 0.253 e. The Morgan fingerprint density at radius 1 is 1.38 bits per heavy atom. The second kappa shape index (κ2) is 7.33. The molecule has 21 heavy (non-hydrogen) atoms. The van der Waals surface area contributed by atoms with Crippen LogP contribution in [0.25, 0.3) is 0 Å². The number of hydrogen-bond acceptors (Lipinski definition) is 4. The lowest BCUT2D eigenvalue weighted by Gasteiger charge is -2.11. The number of thiazole rings is 1. The molecule has 1 aromatic heterocycles. The van der Waals surface area contributed by atoms with Gasteiger partial charge in [0.1, 0.15) is 0 Å². The summed E-state index contributed by atoms with van der Waals surface area (Å²) in [7, 11) is 0. The highest BCUT2D eigenvalue weighted by molar-refractivity contribution is 7.11. The molecule has 0 saturated carbocycles. The SMILES string of the molecule is CCc1nc(CCNC(=O)C(O)c2ccccc2)sc1C. The first-order valence-electron chi connectivity index (χ1n) is 7.07. The van der Waals surface area contributed by atoms with Crippen LogP contribution in [-0.4, -0.2) is 22.5 Å². The summed E-state index contributed by atoms with van der Waals surface area (Å²) in [5, 5.41) is 13.7. The molecule has 0 fully saturated rings. The van der Waals surface area contributed by atoms with Gasteiger partial charge >= 0.3 is 0 Å². The Balaban J connectivity index is 1.84. The lowest BCUT2D eigenvalue weighted by molar-refractivity contribution is -0.129. The van der Waals surface area contributed by atoms with E-state index in [0.717, 1.165) is 17.1 Å². The number of aryl methyl sites for hydroxylation is 2. The predicted molar refractivity (Wildman–Crippen MR) is 84.3 cm³/mol. The highest BCUT2D eigenvalue weighted by Gasteiger charge is 2.16. The first kappa shape index (κ1) is 15.7. The third-order valence-corrected chi connectivity index (χ3v) is 4.35. The Labute approximate surface area is 128 Å². The van der Waals surface area contributed by atoms with Crippen LogP contribution >= 0.6 is 11.3 Å². The number of hydrogen-bond donors (Lipinski definition) is 2. The Morgan fingerprint density at radius 2 is 2.10 bits per heavy atom. The van der Waals surface area contributed by atoms with Crippen LogP contribution in [0.5, 0.6) is 0 Å². The predicted octanol–water partition coefficient (Wildman–Crippen LogP) is 2.41. The highest BCUT2D eigenvalue weighted by atomic mass is 32.1. The van der Waals surface area contributed by atoms with Crippen LogP contribution in [0.2, 0.25) is 0 Å². The molecule has 1 amide bonds. The topological polar surface area (TPSA) is 62.2 Å². The van der Waals surface area contributed by atoms with Gasteiger partial charge in [-0.25, -0.2) is 4.98 Å². The number of benzene rings is 1. The molecule has 0 aliphatic carbocycles. The van der Waals surface area contributed by atoms with Gasteiger partial charge in [0.25, 0.3) is 5.91 Å². The summed E-state index contributed by atoms with van der Waals surface area (Å²) in [4.78, 5) is 17.7. The van der Waals surface area contributed by atoms with E-state index in [0.29, 0.717) is 18.5 Å². The van der Waals surface area contributed by atoms with Crippen LogP contribution in [0.15, 0.2) is 30.3 Å². The van der Waals surface area contributed by atoms with E-state index in [4.69, 9.17) is 0 Å². The monoisotopic (exact) mass is 304 g/mol. The van der Waals surface area contributed by atoms with E-state index in [1.807, 2.05) is 6.07 Å². The second-order valence-electron chi connectivity index (χ2n) is 4.82. The first-order valence-corrected chi connectivity index (χ1v) is 7.89. The number of nitrogens with one attached hydrogen (secondary N) is 1. The average molecular weight is 304 g/mol. The molecule has 0 bridgehead atoms. The molecule has 0 radical (unpaired) electrons. The average Bonchev–Trinajstić information content (AvgIpc) is 2.87. The van der Waals surface area contributed by atoms with Gasteiger partial charge < -0.3 is 10.4 Å². The van der Waals surface area contributed by atoms with Crippen molar-refractivity contribution in [2.24, 2.45) is 0 Å². The van der Waals surface area contributed by atoms with Gasteiger partial charge in [-0.2, -0.15) is 0 Å². The molecule has 0 saturated heterocycles. The van der Waals surface area contributed by atoms with Crippen molar-refractivity contribution in [2.45, 2.75) is 32.8 Å². The summed E-state index contributed by atoms with van der Waals surface area (Å²) in [6.45, 7) is 4.64. The van der Waals surface area contributed by atoms with E-state index in [1.165, 1.54) is 4.88 Å². The van der Waals surface area contributed by atoms with E-state index < -0.39 is 6.10 Å². The quantitative estimate of drug-likeness (QED) is 0.861. The fourth-order valence-electron chi connectivity index (χ4n) is 2.10. The summed E-state index contributed by atoms with van der Waals surface area (Å²) in [5.74, 6) is -0.370. The van der Waals surface area contributed by atoms with E-state index in [2.05, 4.69) is 24.1 Å². The van der Waals surface area contributed by atoms with Gasteiger partial charge in [-0.05, 0) is 18.9 Å². The highest BCUT2D eigenvalue weighted by Crippen LogP contribution is 2.18. The Morgan fingerprint density at radius 3 is 2.71 bits per heavy atom. The zero-order valence-corrected chi connectivity index (χ0v) is 13.1. The molecule has 5 heteroatoms. The van der Waals surface area contributed by atoms with Crippen LogP contribution in [0, 0.1) is 6.92 Å². The Bertz CT molecular complexity index is 596. The molecule has 1 atom stereocenters. The van der Waals surface area contributed by atoms with Crippen molar-refractivity contribution >= 4 is 17.2 Å². The maximum atomic E-state index is 11.9. The van der Waals surface area contributed by atoms with Crippen molar-refractivity contribution in [3.05, 3.63) is 51.5 Å². The lowest BCUT2D eigenvalue weighted by Crippen LogP contribution is -2.30. The summed E-state index contributed by atoms with van der Waals surface area (Å²) in [5.41, 5.74) is 1.74. The summed E-state index contributed by atoms with van der Waals surface area (Å²) >= 11 is 1.67. The number of aromatic nitrogens is 1. The molecule has 0 aliphatic rings. The van der Waals surface area contributed by atoms with Crippen LogP contribution in [-0.2, 0) is 17.6 Å². The van der Waals surface area contributed by atoms with Gasteiger partial charge in [0.05, 0.1) is 10.7 Å². The molecule has 1 unspecified atom stereocenters. The fourth-order valence-corrected chi connectivity index (χ4v) is 3.12. The molecule has 0 spiro atoms. The van der Waals surface area contributed by atoms with Crippen molar-refractivity contribution in [1.29, 1.82) is 0 Å². The largest absolute Gasteiger partial charge is 0.378 e. The first-order chi connectivity index (χ1) is 10.1. The molecule has 2 N–H and O–H groups in total. The molecule has 2 rings (SSSR count). The summed E-state index contributed by atoms with van der Waals surface area (Å²) < 4.78 is 0. The van der Waals surface area contributed by atoms with Gasteiger partial charge in [0, 0.05) is 17.8 Å². The standard InChI is InChI=1S/C16H20N2O2S/c1-3-13-11(2)21-14(18-13)9-10-17-16(20)15(19)12-7-5-4-6-8-12/h4-8,15,19H,3,9-10H2,1-2H3,(H,17,20). The molecule has 1 heterocycles. The zero-order valence-electron chi connectivity index (χ0n) is 12.3. The van der Waals surface area contributed by atoms with Crippen molar-refractivity contribution in [2.75, 3.05) is 6.54 Å². The number of carbonyl (C=O) groups is 1. The lowest BCUT2D eigenvalue weighted by atomic mass is 10.1. The van der Waals surface area contributed by atoms with Gasteiger partial charge in [-0.3, -0.25) is 4.79 Å². The Kier molecular flexibility index (Phi) is 5.47. The van der Waals surface area contributed by atoms with Gasteiger partial charge in [0.15, 0.2) is 6.10 Å². The van der Waals surface area contributed by atoms with Crippen LogP contribution < -0.4 is 5.32 Å². The van der Waals surface area contributed by atoms with E-state index >= 15 is 0 Å². The minimum absolute atomic E-state index is 0.370. The van der Waals surface area contributed by atoms with Crippen molar-refractivity contribution in [3.8, 4) is 0 Å². The summed E-state index contributed by atoms with van der Waals surface area (Å²) in [6.07, 6.45) is 0.510. The number of nitrogens with zero attached hydrogens (tertiary/aromatic N) is 1. The third kappa shape index (κ3) is 4.12. The normalized spacial score (nSPS) is 12.1. The third-order valence-electron chi connectivity index (χ3n) is 3.27. The number of rotatable bonds is 6. The maximum absolute atomic E-state index is 11.9. The number of amides is 1. The second-order valence-corrected chi connectivity index (χ2v) is 6.11. The zero-order chi connectivity index (χ0) is 15.2. The summed E-state index contributed by atoms with van der Waals surface area (Å²) in [6, 6.07) is 8.93. The molecule has 112 valence electrons. The van der Waals surface area contributed by atoms with E-state index in [-0.39, 0.29) is 5.91 Å². The van der Waals surface area contributed by atoms with Gasteiger partial charge in [-0.15, -0.1) is 11.3 Å². The van der Waals surface area contributed by atoms with Crippen LogP contribution in [0.1, 0.15) is 34.2 Å². The van der Waals surface area contributed by atoms with E-state index in [1.54, 1.807) is 35.6 Å². The van der Waals surface area contributed by atoms with Gasteiger partial charge in [0.2, 0.25) is 0 Å². The number of carbonyl (C=O) groups excluding carboxylic acids is 1. The smallest absolute Gasteiger partial charge is 0.253 e. The van der Waals surface area contributed by atoms with Crippen LogP contribution in [0.3, 0.4) is 0 Å². The fraction of sp³-hybridized carbons (Fsp3) is 0.375. The molecule has 0 aliphatic heterocycles. The van der Waals surface area contributed by atoms with Gasteiger partial charge in [-0.1, -0.05) is 37.3 Å². The molecule has 4 nitrogen and oxygen atoms in total. The van der Waals surface area contributed by atoms with Crippen molar-refractivity contribution in [3.63, 3.8) is 0 Å². The minimum Gasteiger partial charge on any atom is -0.378 e. The molecular weight excluding hydrogens is 284 g/mol. The van der Waals surface area contributed by atoms with Crippen molar-refractivity contribution in [1.82, 2.24) is 10.3 Å². The molecule has 1 aromatic carbocycles. The van der Waals surface area contributed by atoms with E-state index in [9.17, 15) is 9.90 Å².